The van der Waals surface area contributed by atoms with Crippen molar-refractivity contribution in [3.05, 3.63) is 58.9 Å². The third-order valence-electron chi connectivity index (χ3n) is 4.48. The molecule has 2 aromatic rings. The molecule has 26 heavy (non-hydrogen) atoms. The topological polar surface area (TPSA) is 66.9 Å². The highest BCUT2D eigenvalue weighted by atomic mass is 16.1. The van der Waals surface area contributed by atoms with Gasteiger partial charge in [0, 0.05) is 18.4 Å². The summed E-state index contributed by atoms with van der Waals surface area (Å²) in [5.41, 5.74) is 4.88. The SMILES string of the molecule is Cc1cc(C)cc(NC(=O)c2ccnc(NCCC3=CCCCC3)n2)c1. The van der Waals surface area contributed by atoms with E-state index in [1.54, 1.807) is 12.3 Å². The predicted octanol–water partition coefficient (Wildman–Crippen LogP) is 4.65. The second-order valence-corrected chi connectivity index (χ2v) is 6.88. The van der Waals surface area contributed by atoms with Crippen molar-refractivity contribution in [1.29, 1.82) is 0 Å². The summed E-state index contributed by atoms with van der Waals surface area (Å²) in [6.45, 7) is 4.81. The molecule has 0 aliphatic heterocycles. The quantitative estimate of drug-likeness (QED) is 0.744. The molecule has 136 valence electrons. The van der Waals surface area contributed by atoms with Gasteiger partial charge in [0.05, 0.1) is 0 Å². The van der Waals surface area contributed by atoms with Crippen LogP contribution in [0.25, 0.3) is 0 Å². The van der Waals surface area contributed by atoms with Crippen molar-refractivity contribution in [2.24, 2.45) is 0 Å². The van der Waals surface area contributed by atoms with Gasteiger partial charge in [-0.1, -0.05) is 17.7 Å². The predicted molar refractivity (Wildman–Crippen MR) is 106 cm³/mol. The zero-order chi connectivity index (χ0) is 18.4. The van der Waals surface area contributed by atoms with Crippen LogP contribution in [0.15, 0.2) is 42.1 Å². The highest BCUT2D eigenvalue weighted by Crippen LogP contribution is 2.20. The number of hydrogen-bond acceptors (Lipinski definition) is 4. The molecular formula is C21H26N4O. The first-order chi connectivity index (χ1) is 12.6. The van der Waals surface area contributed by atoms with Crippen molar-refractivity contribution in [2.75, 3.05) is 17.2 Å². The van der Waals surface area contributed by atoms with Crippen molar-refractivity contribution in [2.45, 2.75) is 46.0 Å². The fourth-order valence-corrected chi connectivity index (χ4v) is 3.28. The van der Waals surface area contributed by atoms with Gasteiger partial charge in [-0.25, -0.2) is 9.97 Å². The summed E-state index contributed by atoms with van der Waals surface area (Å²) in [4.78, 5) is 21.0. The van der Waals surface area contributed by atoms with Crippen LogP contribution >= 0.6 is 0 Å². The molecule has 0 atom stereocenters. The van der Waals surface area contributed by atoms with Gasteiger partial charge in [-0.2, -0.15) is 0 Å². The maximum atomic E-state index is 12.5. The first-order valence-corrected chi connectivity index (χ1v) is 9.24. The van der Waals surface area contributed by atoms with E-state index in [0.717, 1.165) is 29.8 Å². The molecule has 1 aliphatic rings. The monoisotopic (exact) mass is 350 g/mol. The normalized spacial score (nSPS) is 13.8. The number of nitrogens with one attached hydrogen (secondary N) is 2. The van der Waals surface area contributed by atoms with Crippen LogP contribution < -0.4 is 10.6 Å². The van der Waals surface area contributed by atoms with E-state index in [2.05, 4.69) is 32.7 Å². The van der Waals surface area contributed by atoms with Crippen LogP contribution in [0.5, 0.6) is 0 Å². The van der Waals surface area contributed by atoms with E-state index >= 15 is 0 Å². The highest BCUT2D eigenvalue weighted by Gasteiger charge is 2.10. The van der Waals surface area contributed by atoms with Crippen molar-refractivity contribution < 1.29 is 4.79 Å². The van der Waals surface area contributed by atoms with Crippen molar-refractivity contribution in [3.8, 4) is 0 Å². The van der Waals surface area contributed by atoms with E-state index in [-0.39, 0.29) is 5.91 Å². The summed E-state index contributed by atoms with van der Waals surface area (Å²) in [5, 5.41) is 6.14. The Kier molecular flexibility index (Phi) is 6.00. The Bertz CT molecular complexity index is 793. The van der Waals surface area contributed by atoms with E-state index in [9.17, 15) is 4.79 Å². The van der Waals surface area contributed by atoms with E-state index in [1.807, 2.05) is 26.0 Å². The summed E-state index contributed by atoms with van der Waals surface area (Å²) in [7, 11) is 0. The Balaban J connectivity index is 1.59. The lowest BCUT2D eigenvalue weighted by molar-refractivity contribution is 0.102. The molecule has 1 aromatic heterocycles. The fourth-order valence-electron chi connectivity index (χ4n) is 3.28. The second kappa shape index (κ2) is 8.61. The second-order valence-electron chi connectivity index (χ2n) is 6.88. The van der Waals surface area contributed by atoms with Crippen LogP contribution in [-0.2, 0) is 0 Å². The molecule has 2 N–H and O–H groups in total. The van der Waals surface area contributed by atoms with Crippen LogP contribution in [-0.4, -0.2) is 22.4 Å². The average molecular weight is 350 g/mol. The van der Waals surface area contributed by atoms with E-state index in [0.29, 0.717) is 11.6 Å². The van der Waals surface area contributed by atoms with E-state index in [4.69, 9.17) is 0 Å². The lowest BCUT2D eigenvalue weighted by Gasteiger charge is -2.13. The van der Waals surface area contributed by atoms with Crippen molar-refractivity contribution in [1.82, 2.24) is 9.97 Å². The van der Waals surface area contributed by atoms with Crippen LogP contribution in [0.2, 0.25) is 0 Å². The van der Waals surface area contributed by atoms with Gasteiger partial charge in [0.1, 0.15) is 5.69 Å². The molecule has 0 saturated carbocycles. The van der Waals surface area contributed by atoms with Gasteiger partial charge < -0.3 is 10.6 Å². The number of aromatic nitrogens is 2. The van der Waals surface area contributed by atoms with Gasteiger partial charge >= 0.3 is 0 Å². The Morgan fingerprint density at radius 3 is 2.69 bits per heavy atom. The number of aryl methyl sites for hydroxylation is 2. The molecule has 0 spiro atoms. The molecule has 1 heterocycles. The van der Waals surface area contributed by atoms with Gasteiger partial charge in [0.25, 0.3) is 5.91 Å². The standard InChI is InChI=1S/C21H26N4O/c1-15-12-16(2)14-18(13-15)24-20(26)19-9-11-23-21(25-19)22-10-8-17-6-4-3-5-7-17/h6,9,11-14H,3-5,7-8,10H2,1-2H3,(H,24,26)(H,22,23,25). The van der Waals surface area contributed by atoms with Gasteiger partial charge in [0.2, 0.25) is 5.95 Å². The highest BCUT2D eigenvalue weighted by molar-refractivity contribution is 6.03. The lowest BCUT2D eigenvalue weighted by Crippen LogP contribution is -2.16. The molecule has 0 saturated heterocycles. The molecule has 0 radical (unpaired) electrons. The Morgan fingerprint density at radius 2 is 1.96 bits per heavy atom. The fraction of sp³-hybridized carbons (Fsp3) is 0.381. The minimum atomic E-state index is -0.226. The number of anilines is 2. The number of carbonyl (C=O) groups excluding carboxylic acids is 1. The van der Waals surface area contributed by atoms with Gasteiger partial charge in [-0.15, -0.1) is 0 Å². The molecule has 0 bridgehead atoms. The third-order valence-corrected chi connectivity index (χ3v) is 4.48. The number of rotatable bonds is 6. The number of amides is 1. The summed E-state index contributed by atoms with van der Waals surface area (Å²) in [6, 6.07) is 7.60. The molecule has 5 nitrogen and oxygen atoms in total. The molecular weight excluding hydrogens is 324 g/mol. The smallest absolute Gasteiger partial charge is 0.274 e. The Hall–Kier alpha value is -2.69. The molecule has 1 aromatic carbocycles. The zero-order valence-corrected chi connectivity index (χ0v) is 15.5. The molecule has 1 aliphatic carbocycles. The summed E-state index contributed by atoms with van der Waals surface area (Å²) < 4.78 is 0. The zero-order valence-electron chi connectivity index (χ0n) is 15.5. The molecule has 0 unspecified atom stereocenters. The van der Waals surface area contributed by atoms with E-state index < -0.39 is 0 Å². The largest absolute Gasteiger partial charge is 0.354 e. The first kappa shape index (κ1) is 18.1. The Morgan fingerprint density at radius 1 is 1.15 bits per heavy atom. The maximum absolute atomic E-state index is 12.5. The van der Waals surface area contributed by atoms with Crippen LogP contribution in [0.4, 0.5) is 11.6 Å². The average Bonchev–Trinajstić information content (AvgIpc) is 2.62. The van der Waals surface area contributed by atoms with Crippen LogP contribution in [0.1, 0.15) is 53.7 Å². The summed E-state index contributed by atoms with van der Waals surface area (Å²) >= 11 is 0. The lowest BCUT2D eigenvalue weighted by atomic mass is 9.97. The number of nitrogens with zero attached hydrogens (tertiary/aromatic N) is 2. The van der Waals surface area contributed by atoms with Crippen molar-refractivity contribution >= 4 is 17.5 Å². The molecule has 0 fully saturated rings. The van der Waals surface area contributed by atoms with Gasteiger partial charge in [-0.05, 0) is 75.3 Å². The van der Waals surface area contributed by atoms with Gasteiger partial charge in [0.15, 0.2) is 0 Å². The minimum Gasteiger partial charge on any atom is -0.354 e. The van der Waals surface area contributed by atoms with Gasteiger partial charge in [-0.3, -0.25) is 4.79 Å². The molecule has 3 rings (SSSR count). The number of benzene rings is 1. The summed E-state index contributed by atoms with van der Waals surface area (Å²) in [6.07, 6.45) is 9.95. The molecule has 1 amide bonds. The first-order valence-electron chi connectivity index (χ1n) is 9.24. The third kappa shape index (κ3) is 5.15. The number of carbonyl (C=O) groups is 1. The number of hydrogen-bond donors (Lipinski definition) is 2. The van der Waals surface area contributed by atoms with Crippen molar-refractivity contribution in [3.63, 3.8) is 0 Å². The van der Waals surface area contributed by atoms with Crippen LogP contribution in [0.3, 0.4) is 0 Å². The molecule has 5 heteroatoms. The maximum Gasteiger partial charge on any atom is 0.274 e. The van der Waals surface area contributed by atoms with Crippen LogP contribution in [0, 0.1) is 13.8 Å². The Labute approximate surface area is 155 Å². The number of allylic oxidation sites excluding steroid dienone is 1. The minimum absolute atomic E-state index is 0.226. The summed E-state index contributed by atoms with van der Waals surface area (Å²) in [5.74, 6) is 0.268. The van der Waals surface area contributed by atoms with E-state index in [1.165, 1.54) is 31.3 Å².